The second kappa shape index (κ2) is 5.25. The number of rotatable bonds is 2. The summed E-state index contributed by atoms with van der Waals surface area (Å²) in [6.45, 7) is 9.53. The van der Waals surface area contributed by atoms with Crippen LogP contribution in [0.15, 0.2) is 0 Å². The summed E-state index contributed by atoms with van der Waals surface area (Å²) in [5, 5.41) is 0. The highest BCUT2D eigenvalue weighted by Gasteiger charge is 2.42. The minimum atomic E-state index is 0.254. The molecule has 3 nitrogen and oxygen atoms in total. The van der Waals surface area contributed by atoms with Gasteiger partial charge in [0.2, 0.25) is 0 Å². The lowest BCUT2D eigenvalue weighted by Gasteiger charge is -2.52. The van der Waals surface area contributed by atoms with E-state index < -0.39 is 0 Å². The Kier molecular flexibility index (Phi) is 4.11. The Labute approximate surface area is 106 Å². The number of morpholine rings is 1. The first-order valence-corrected chi connectivity index (χ1v) is 7.16. The van der Waals surface area contributed by atoms with Gasteiger partial charge in [0, 0.05) is 24.7 Å². The Morgan fingerprint density at radius 2 is 1.88 bits per heavy atom. The summed E-state index contributed by atoms with van der Waals surface area (Å²) in [4.78, 5) is 2.65. The van der Waals surface area contributed by atoms with E-state index in [0.29, 0.717) is 12.1 Å². The van der Waals surface area contributed by atoms with Gasteiger partial charge in [0.1, 0.15) is 0 Å². The molecule has 0 aromatic carbocycles. The molecule has 100 valence electrons. The molecular formula is C14H28N2O. The van der Waals surface area contributed by atoms with E-state index in [1.165, 1.54) is 25.7 Å². The highest BCUT2D eigenvalue weighted by Crippen LogP contribution is 2.38. The summed E-state index contributed by atoms with van der Waals surface area (Å²) in [6, 6.07) is 0.517. The van der Waals surface area contributed by atoms with Gasteiger partial charge >= 0.3 is 0 Å². The van der Waals surface area contributed by atoms with Gasteiger partial charge in [0.25, 0.3) is 0 Å². The number of nitrogens with two attached hydrogens (primary N) is 1. The molecule has 0 aromatic rings. The van der Waals surface area contributed by atoms with E-state index in [4.69, 9.17) is 10.5 Å². The normalized spacial score (nSPS) is 44.8. The zero-order chi connectivity index (χ0) is 12.5. The largest absolute Gasteiger partial charge is 0.376 e. The predicted molar refractivity (Wildman–Crippen MR) is 71.0 cm³/mol. The van der Waals surface area contributed by atoms with Gasteiger partial charge in [0.15, 0.2) is 0 Å². The van der Waals surface area contributed by atoms with E-state index in [2.05, 4.69) is 25.7 Å². The maximum atomic E-state index is 6.14. The minimum absolute atomic E-state index is 0.254. The molecule has 2 N–H and O–H groups in total. The van der Waals surface area contributed by atoms with Crippen molar-refractivity contribution in [3.8, 4) is 0 Å². The van der Waals surface area contributed by atoms with Crippen molar-refractivity contribution in [3.63, 3.8) is 0 Å². The fourth-order valence-electron chi connectivity index (χ4n) is 3.47. The van der Waals surface area contributed by atoms with Crippen LogP contribution in [0.25, 0.3) is 0 Å². The third-order valence-corrected chi connectivity index (χ3v) is 4.80. The van der Waals surface area contributed by atoms with Crippen LogP contribution >= 0.6 is 0 Å². The Bertz CT molecular complexity index is 249. The molecule has 2 unspecified atom stereocenters. The van der Waals surface area contributed by atoms with Crippen LogP contribution < -0.4 is 5.73 Å². The van der Waals surface area contributed by atoms with Crippen molar-refractivity contribution in [2.75, 3.05) is 19.7 Å². The molecule has 0 amide bonds. The lowest BCUT2D eigenvalue weighted by atomic mass is 9.75. The lowest BCUT2D eigenvalue weighted by molar-refractivity contribution is -0.104. The molecule has 2 fully saturated rings. The molecule has 3 heteroatoms. The summed E-state index contributed by atoms with van der Waals surface area (Å²) in [6.07, 6.45) is 5.54. The van der Waals surface area contributed by atoms with Crippen LogP contribution in [0.2, 0.25) is 0 Å². The molecule has 0 bridgehead atoms. The third-order valence-electron chi connectivity index (χ3n) is 4.80. The quantitative estimate of drug-likeness (QED) is 0.802. The molecular weight excluding hydrogens is 212 g/mol. The summed E-state index contributed by atoms with van der Waals surface area (Å²) >= 11 is 0. The van der Waals surface area contributed by atoms with E-state index in [0.717, 1.165) is 25.6 Å². The van der Waals surface area contributed by atoms with Crippen LogP contribution in [0, 0.1) is 5.92 Å². The molecule has 1 saturated carbocycles. The highest BCUT2D eigenvalue weighted by molar-refractivity contribution is 4.98. The Hall–Kier alpha value is -0.120. The van der Waals surface area contributed by atoms with Gasteiger partial charge in [-0.3, -0.25) is 4.90 Å². The average Bonchev–Trinajstić information content (AvgIpc) is 2.34. The van der Waals surface area contributed by atoms with Crippen molar-refractivity contribution in [1.29, 1.82) is 0 Å². The molecule has 1 aliphatic carbocycles. The summed E-state index contributed by atoms with van der Waals surface area (Å²) in [5.41, 5.74) is 6.39. The van der Waals surface area contributed by atoms with Crippen LogP contribution in [-0.2, 0) is 4.74 Å². The fraction of sp³-hybridized carbons (Fsp3) is 1.00. The van der Waals surface area contributed by atoms with Gasteiger partial charge in [0.05, 0.1) is 12.7 Å². The molecule has 0 aromatic heterocycles. The zero-order valence-corrected chi connectivity index (χ0v) is 11.6. The smallest absolute Gasteiger partial charge is 0.0675 e. The monoisotopic (exact) mass is 240 g/mol. The predicted octanol–water partition coefficient (Wildman–Crippen LogP) is 2.00. The van der Waals surface area contributed by atoms with Gasteiger partial charge in [-0.25, -0.2) is 0 Å². The van der Waals surface area contributed by atoms with E-state index in [1.54, 1.807) is 0 Å². The van der Waals surface area contributed by atoms with E-state index in [-0.39, 0.29) is 5.54 Å². The second-order valence-electron chi connectivity index (χ2n) is 6.26. The first-order valence-electron chi connectivity index (χ1n) is 7.16. The molecule has 2 rings (SSSR count). The van der Waals surface area contributed by atoms with Crippen molar-refractivity contribution in [1.82, 2.24) is 4.90 Å². The Balaban J connectivity index is 2.10. The molecule has 17 heavy (non-hydrogen) atoms. The molecule has 0 radical (unpaired) electrons. The molecule has 2 atom stereocenters. The van der Waals surface area contributed by atoms with Crippen molar-refractivity contribution in [2.45, 2.75) is 64.1 Å². The molecule has 1 heterocycles. The van der Waals surface area contributed by atoms with Crippen LogP contribution in [0.4, 0.5) is 0 Å². The maximum absolute atomic E-state index is 6.14. The van der Waals surface area contributed by atoms with Crippen LogP contribution in [0.1, 0.15) is 46.5 Å². The van der Waals surface area contributed by atoms with Crippen molar-refractivity contribution < 1.29 is 4.74 Å². The van der Waals surface area contributed by atoms with E-state index >= 15 is 0 Å². The standard InChI is InChI=1S/C14H28N2O/c1-11-4-6-14(10-15,7-5-11)16-8-13(3)17-9-12(16)2/h11-13H,4-10,15H2,1-3H3. The average molecular weight is 240 g/mol. The molecule has 0 spiro atoms. The molecule has 1 saturated heterocycles. The molecule has 1 aliphatic heterocycles. The third kappa shape index (κ3) is 2.67. The summed E-state index contributed by atoms with van der Waals surface area (Å²) in [7, 11) is 0. The van der Waals surface area contributed by atoms with E-state index in [1.807, 2.05) is 0 Å². The number of hydrogen-bond donors (Lipinski definition) is 1. The minimum Gasteiger partial charge on any atom is -0.376 e. The van der Waals surface area contributed by atoms with Crippen LogP contribution in [-0.4, -0.2) is 42.3 Å². The lowest BCUT2D eigenvalue weighted by Crippen LogP contribution is -2.63. The van der Waals surface area contributed by atoms with Crippen molar-refractivity contribution in [2.24, 2.45) is 11.7 Å². The SMILES string of the molecule is CC1CCC(CN)(N2CC(C)OCC2C)CC1. The van der Waals surface area contributed by atoms with Gasteiger partial charge < -0.3 is 10.5 Å². The Morgan fingerprint density at radius 3 is 2.47 bits per heavy atom. The van der Waals surface area contributed by atoms with Gasteiger partial charge in [-0.2, -0.15) is 0 Å². The number of nitrogens with zero attached hydrogens (tertiary/aromatic N) is 1. The maximum Gasteiger partial charge on any atom is 0.0675 e. The molecule has 2 aliphatic rings. The van der Waals surface area contributed by atoms with Crippen molar-refractivity contribution in [3.05, 3.63) is 0 Å². The highest BCUT2D eigenvalue weighted by atomic mass is 16.5. The first-order chi connectivity index (χ1) is 8.07. The first kappa shape index (κ1) is 13.3. The summed E-state index contributed by atoms with van der Waals surface area (Å²) in [5.74, 6) is 0.878. The topological polar surface area (TPSA) is 38.5 Å². The van der Waals surface area contributed by atoms with Crippen LogP contribution in [0.3, 0.4) is 0 Å². The number of ether oxygens (including phenoxy) is 1. The summed E-state index contributed by atoms with van der Waals surface area (Å²) < 4.78 is 5.74. The zero-order valence-electron chi connectivity index (χ0n) is 11.6. The Morgan fingerprint density at radius 1 is 1.24 bits per heavy atom. The van der Waals surface area contributed by atoms with Crippen molar-refractivity contribution >= 4 is 0 Å². The van der Waals surface area contributed by atoms with Gasteiger partial charge in [-0.1, -0.05) is 6.92 Å². The van der Waals surface area contributed by atoms with E-state index in [9.17, 15) is 0 Å². The number of hydrogen-bond acceptors (Lipinski definition) is 3. The second-order valence-corrected chi connectivity index (χ2v) is 6.26. The fourth-order valence-corrected chi connectivity index (χ4v) is 3.47. The van der Waals surface area contributed by atoms with Crippen LogP contribution in [0.5, 0.6) is 0 Å². The van der Waals surface area contributed by atoms with Gasteiger partial charge in [-0.15, -0.1) is 0 Å². The van der Waals surface area contributed by atoms with Gasteiger partial charge in [-0.05, 0) is 45.4 Å².